The third kappa shape index (κ3) is 4.78. The van der Waals surface area contributed by atoms with Crippen molar-refractivity contribution in [2.45, 2.75) is 46.1 Å². The molecule has 0 saturated heterocycles. The molecule has 1 atom stereocenters. The Bertz CT molecular complexity index is 1390. The molecule has 1 aliphatic carbocycles. The predicted octanol–water partition coefficient (Wildman–Crippen LogP) is 6.94. The molecule has 3 aromatic rings. The van der Waals surface area contributed by atoms with Crippen molar-refractivity contribution < 1.29 is 19.1 Å². The standard InChI is InChI=1S/C32H34N2O4/c1-5-17-38-27-16-15-22(18-28(27)37-4)30-29-24(19-32(2,3)20-26(29)35)33-23-13-9-10-14-25(23)34(30)31(36)21-11-7-6-8-12-21/h6-16,18,30,33H,5,17,19-20H2,1-4H3/t30-/m0/s1. The van der Waals surface area contributed by atoms with Gasteiger partial charge in [0.15, 0.2) is 17.3 Å². The van der Waals surface area contributed by atoms with Crippen LogP contribution in [-0.4, -0.2) is 25.4 Å². The molecule has 38 heavy (non-hydrogen) atoms. The molecule has 1 amide bonds. The second-order valence-electron chi connectivity index (χ2n) is 10.7. The first-order chi connectivity index (χ1) is 18.3. The van der Waals surface area contributed by atoms with Crippen molar-refractivity contribution in [3.8, 4) is 11.5 Å². The van der Waals surface area contributed by atoms with Crippen LogP contribution in [0.15, 0.2) is 84.1 Å². The van der Waals surface area contributed by atoms with E-state index >= 15 is 0 Å². The van der Waals surface area contributed by atoms with Crippen LogP contribution >= 0.6 is 0 Å². The number of carbonyl (C=O) groups excluding carboxylic acids is 2. The van der Waals surface area contributed by atoms with Gasteiger partial charge in [0, 0.05) is 23.3 Å². The van der Waals surface area contributed by atoms with E-state index in [-0.39, 0.29) is 17.1 Å². The smallest absolute Gasteiger partial charge is 0.259 e. The summed E-state index contributed by atoms with van der Waals surface area (Å²) in [5, 5.41) is 3.56. The molecule has 0 spiro atoms. The Morgan fingerprint density at radius 1 is 1.00 bits per heavy atom. The molecule has 1 aliphatic heterocycles. The van der Waals surface area contributed by atoms with Gasteiger partial charge in [-0.15, -0.1) is 0 Å². The Kier molecular flexibility index (Phi) is 6.98. The number of Topliss-reactive ketones (excluding diaryl/α,β-unsaturated/α-hetero) is 1. The van der Waals surface area contributed by atoms with E-state index < -0.39 is 6.04 Å². The number of benzene rings is 3. The molecule has 0 aromatic heterocycles. The number of amides is 1. The van der Waals surface area contributed by atoms with E-state index in [2.05, 4.69) is 19.2 Å². The van der Waals surface area contributed by atoms with Crippen molar-refractivity contribution in [3.05, 3.63) is 95.2 Å². The van der Waals surface area contributed by atoms with Crippen molar-refractivity contribution in [1.82, 2.24) is 0 Å². The van der Waals surface area contributed by atoms with Crippen LogP contribution in [0.2, 0.25) is 0 Å². The van der Waals surface area contributed by atoms with Crippen LogP contribution in [0.25, 0.3) is 0 Å². The van der Waals surface area contributed by atoms with Crippen molar-refractivity contribution in [1.29, 1.82) is 0 Å². The number of methoxy groups -OCH3 is 1. The maximum atomic E-state index is 14.3. The van der Waals surface area contributed by atoms with E-state index in [4.69, 9.17) is 9.47 Å². The molecule has 5 rings (SSSR count). The van der Waals surface area contributed by atoms with Gasteiger partial charge in [-0.3, -0.25) is 14.5 Å². The van der Waals surface area contributed by atoms with Gasteiger partial charge in [0.2, 0.25) is 0 Å². The summed E-state index contributed by atoms with van der Waals surface area (Å²) in [6, 6.07) is 22.0. The second-order valence-corrected chi connectivity index (χ2v) is 10.7. The van der Waals surface area contributed by atoms with Gasteiger partial charge >= 0.3 is 0 Å². The highest BCUT2D eigenvalue weighted by Gasteiger charge is 2.43. The summed E-state index contributed by atoms with van der Waals surface area (Å²) in [7, 11) is 1.60. The van der Waals surface area contributed by atoms with E-state index in [1.54, 1.807) is 12.0 Å². The van der Waals surface area contributed by atoms with Crippen LogP contribution in [0.3, 0.4) is 0 Å². The second kappa shape index (κ2) is 10.4. The highest BCUT2D eigenvalue weighted by Crippen LogP contribution is 2.49. The fourth-order valence-electron chi connectivity index (χ4n) is 5.43. The first-order valence-electron chi connectivity index (χ1n) is 13.1. The Labute approximate surface area is 224 Å². The number of allylic oxidation sites excluding steroid dienone is 1. The van der Waals surface area contributed by atoms with Gasteiger partial charge in [0.25, 0.3) is 5.91 Å². The lowest BCUT2D eigenvalue weighted by Gasteiger charge is -2.37. The lowest BCUT2D eigenvalue weighted by atomic mass is 9.73. The summed E-state index contributed by atoms with van der Waals surface area (Å²) in [4.78, 5) is 29.9. The Hall–Kier alpha value is -4.06. The zero-order chi connectivity index (χ0) is 26.9. The van der Waals surface area contributed by atoms with E-state index in [1.807, 2.05) is 79.7 Å². The first kappa shape index (κ1) is 25.6. The topological polar surface area (TPSA) is 67.9 Å². The summed E-state index contributed by atoms with van der Waals surface area (Å²) in [6.07, 6.45) is 1.97. The lowest BCUT2D eigenvalue weighted by Crippen LogP contribution is -2.39. The maximum absolute atomic E-state index is 14.3. The number of ether oxygens (including phenoxy) is 2. The van der Waals surface area contributed by atoms with Gasteiger partial charge in [-0.1, -0.05) is 57.2 Å². The first-order valence-corrected chi connectivity index (χ1v) is 13.1. The average Bonchev–Trinajstić information content (AvgIpc) is 3.05. The van der Waals surface area contributed by atoms with Crippen LogP contribution in [0.5, 0.6) is 11.5 Å². The molecule has 0 fully saturated rings. The molecule has 196 valence electrons. The summed E-state index contributed by atoms with van der Waals surface area (Å²) in [5.74, 6) is 1.06. The number of hydrogen-bond donors (Lipinski definition) is 1. The monoisotopic (exact) mass is 510 g/mol. The molecule has 2 aliphatic rings. The number of hydrogen-bond acceptors (Lipinski definition) is 5. The number of anilines is 2. The van der Waals surface area contributed by atoms with Crippen LogP contribution in [0.4, 0.5) is 11.4 Å². The van der Waals surface area contributed by atoms with Crippen molar-refractivity contribution in [2.75, 3.05) is 23.9 Å². The van der Waals surface area contributed by atoms with E-state index in [1.165, 1.54) is 0 Å². The molecule has 0 radical (unpaired) electrons. The van der Waals surface area contributed by atoms with Gasteiger partial charge < -0.3 is 14.8 Å². The SMILES string of the molecule is CCCOc1ccc([C@H]2C3=C(CC(C)(C)CC3=O)Nc3ccccc3N2C(=O)c2ccccc2)cc1OC. The Morgan fingerprint density at radius 2 is 1.74 bits per heavy atom. The largest absolute Gasteiger partial charge is 0.493 e. The number of nitrogens with one attached hydrogen (secondary N) is 1. The molecular weight excluding hydrogens is 476 g/mol. The Balaban J connectivity index is 1.76. The molecule has 0 unspecified atom stereocenters. The fourth-order valence-corrected chi connectivity index (χ4v) is 5.43. The molecular formula is C32H34N2O4. The normalized spacial score (nSPS) is 18.2. The Morgan fingerprint density at radius 3 is 2.47 bits per heavy atom. The summed E-state index contributed by atoms with van der Waals surface area (Å²) in [5.41, 5.74) is 4.13. The molecule has 0 bridgehead atoms. The van der Waals surface area contributed by atoms with Crippen LogP contribution < -0.4 is 19.7 Å². The quantitative estimate of drug-likeness (QED) is 0.389. The third-order valence-electron chi connectivity index (χ3n) is 7.11. The fraction of sp³-hybridized carbons (Fsp3) is 0.312. The van der Waals surface area contributed by atoms with Gasteiger partial charge in [-0.25, -0.2) is 0 Å². The molecule has 3 aromatic carbocycles. The number of rotatable bonds is 6. The summed E-state index contributed by atoms with van der Waals surface area (Å²) >= 11 is 0. The molecule has 1 N–H and O–H groups in total. The van der Waals surface area contributed by atoms with Gasteiger partial charge in [-0.05, 0) is 60.2 Å². The average molecular weight is 511 g/mol. The summed E-state index contributed by atoms with van der Waals surface area (Å²) in [6.45, 7) is 6.84. The van der Waals surface area contributed by atoms with Crippen LogP contribution in [-0.2, 0) is 4.79 Å². The van der Waals surface area contributed by atoms with Gasteiger partial charge in [-0.2, -0.15) is 0 Å². The molecule has 6 nitrogen and oxygen atoms in total. The minimum Gasteiger partial charge on any atom is -0.493 e. The van der Waals surface area contributed by atoms with E-state index in [0.29, 0.717) is 42.1 Å². The van der Waals surface area contributed by atoms with Crippen LogP contribution in [0, 0.1) is 5.41 Å². The molecule has 6 heteroatoms. The molecule has 0 saturated carbocycles. The highest BCUT2D eigenvalue weighted by molar-refractivity contribution is 6.12. The minimum absolute atomic E-state index is 0.0395. The van der Waals surface area contributed by atoms with Crippen molar-refractivity contribution >= 4 is 23.1 Å². The van der Waals surface area contributed by atoms with Gasteiger partial charge in [0.05, 0.1) is 31.1 Å². The van der Waals surface area contributed by atoms with Crippen LogP contribution in [0.1, 0.15) is 62.0 Å². The van der Waals surface area contributed by atoms with Crippen molar-refractivity contribution in [2.24, 2.45) is 5.41 Å². The zero-order valence-electron chi connectivity index (χ0n) is 22.4. The van der Waals surface area contributed by atoms with Gasteiger partial charge in [0.1, 0.15) is 0 Å². The predicted molar refractivity (Wildman–Crippen MR) is 150 cm³/mol. The molecule has 1 heterocycles. The number of para-hydroxylation sites is 2. The number of fused-ring (bicyclic) bond motifs is 1. The van der Waals surface area contributed by atoms with E-state index in [0.717, 1.165) is 29.1 Å². The lowest BCUT2D eigenvalue weighted by molar-refractivity contribution is -0.118. The maximum Gasteiger partial charge on any atom is 0.259 e. The number of carbonyl (C=O) groups is 2. The number of nitrogens with zero attached hydrogens (tertiary/aromatic N) is 1. The zero-order valence-corrected chi connectivity index (χ0v) is 22.4. The third-order valence-corrected chi connectivity index (χ3v) is 7.11. The minimum atomic E-state index is -0.647. The highest BCUT2D eigenvalue weighted by atomic mass is 16.5. The summed E-state index contributed by atoms with van der Waals surface area (Å²) < 4.78 is 11.6. The number of ketones is 1. The van der Waals surface area contributed by atoms with E-state index in [9.17, 15) is 9.59 Å². The van der Waals surface area contributed by atoms with Crippen molar-refractivity contribution in [3.63, 3.8) is 0 Å².